The zero-order valence-electron chi connectivity index (χ0n) is 9.41. The maximum Gasteiger partial charge on any atom is 0.127 e. The summed E-state index contributed by atoms with van der Waals surface area (Å²) in [6.07, 6.45) is 0. The summed E-state index contributed by atoms with van der Waals surface area (Å²) in [4.78, 5) is 0. The first-order chi connectivity index (χ1) is 8.29. The summed E-state index contributed by atoms with van der Waals surface area (Å²) in [5.74, 6) is 0.885. The van der Waals surface area contributed by atoms with Crippen LogP contribution in [0.2, 0.25) is 5.02 Å². The number of rotatable bonds is 1. The fraction of sp³-hybridized carbons (Fsp3) is 0.0667. The van der Waals surface area contributed by atoms with Crippen LogP contribution in [0.4, 0.5) is 0 Å². The Hall–Kier alpha value is -1.73. The second-order valence-corrected chi connectivity index (χ2v) is 4.43. The van der Waals surface area contributed by atoms with E-state index in [9.17, 15) is 0 Å². The molecule has 0 amide bonds. The van der Waals surface area contributed by atoms with E-state index < -0.39 is 0 Å². The second kappa shape index (κ2) is 3.94. The largest absolute Gasteiger partial charge is 0.496 e. The van der Waals surface area contributed by atoms with Crippen molar-refractivity contribution in [3.63, 3.8) is 0 Å². The van der Waals surface area contributed by atoms with Crippen LogP contribution in [-0.2, 0) is 0 Å². The van der Waals surface area contributed by atoms with E-state index in [2.05, 4.69) is 18.2 Å². The van der Waals surface area contributed by atoms with Crippen molar-refractivity contribution in [2.75, 3.05) is 7.11 Å². The van der Waals surface area contributed by atoms with Gasteiger partial charge in [0.25, 0.3) is 0 Å². The molecule has 3 aromatic carbocycles. The molecule has 2 heteroatoms. The van der Waals surface area contributed by atoms with Crippen molar-refractivity contribution in [1.82, 2.24) is 0 Å². The lowest BCUT2D eigenvalue weighted by atomic mass is 10.0. The molecule has 0 aromatic heterocycles. The molecule has 3 aromatic rings. The molecule has 84 valence electrons. The van der Waals surface area contributed by atoms with Crippen LogP contribution in [0.15, 0.2) is 48.5 Å². The van der Waals surface area contributed by atoms with Gasteiger partial charge in [-0.2, -0.15) is 0 Å². The third-order valence-corrected chi connectivity index (χ3v) is 3.24. The van der Waals surface area contributed by atoms with Gasteiger partial charge in [-0.3, -0.25) is 0 Å². The first-order valence-corrected chi connectivity index (χ1v) is 5.82. The van der Waals surface area contributed by atoms with Gasteiger partial charge in [0.15, 0.2) is 0 Å². The quantitative estimate of drug-likeness (QED) is 0.564. The molecule has 3 rings (SSSR count). The van der Waals surface area contributed by atoms with Crippen molar-refractivity contribution >= 4 is 33.1 Å². The Bertz CT molecular complexity index is 704. The molecule has 0 saturated heterocycles. The van der Waals surface area contributed by atoms with Crippen LogP contribution in [0.5, 0.6) is 5.75 Å². The topological polar surface area (TPSA) is 9.23 Å². The van der Waals surface area contributed by atoms with Crippen LogP contribution in [0.3, 0.4) is 0 Å². The minimum atomic E-state index is 0.746. The third-order valence-electron chi connectivity index (χ3n) is 3.01. The average Bonchev–Trinajstić information content (AvgIpc) is 2.37. The predicted molar refractivity (Wildman–Crippen MR) is 73.0 cm³/mol. The summed E-state index contributed by atoms with van der Waals surface area (Å²) in [5.41, 5.74) is 0. The Morgan fingerprint density at radius 2 is 1.71 bits per heavy atom. The van der Waals surface area contributed by atoms with Crippen molar-refractivity contribution in [3.8, 4) is 5.75 Å². The molecule has 0 spiro atoms. The predicted octanol–water partition coefficient (Wildman–Crippen LogP) is 4.66. The van der Waals surface area contributed by atoms with Crippen molar-refractivity contribution in [2.24, 2.45) is 0 Å². The van der Waals surface area contributed by atoms with E-state index in [0.717, 1.165) is 21.5 Å². The number of benzene rings is 3. The average molecular weight is 243 g/mol. The fourth-order valence-corrected chi connectivity index (χ4v) is 2.39. The van der Waals surface area contributed by atoms with E-state index >= 15 is 0 Å². The smallest absolute Gasteiger partial charge is 0.127 e. The van der Waals surface area contributed by atoms with Gasteiger partial charge in [-0.05, 0) is 34.4 Å². The molecule has 0 fully saturated rings. The lowest BCUT2D eigenvalue weighted by Crippen LogP contribution is -1.86. The van der Waals surface area contributed by atoms with E-state index in [-0.39, 0.29) is 0 Å². The molecule has 17 heavy (non-hydrogen) atoms. The molecule has 0 aliphatic heterocycles. The first-order valence-electron chi connectivity index (χ1n) is 5.44. The molecule has 0 atom stereocenters. The number of ether oxygens (including phenoxy) is 1. The standard InChI is InChI=1S/C15H11ClO/c1-17-14-4-2-3-11-6-5-10-7-8-12(16)9-13(10)15(11)14/h2-9H,1H3. The zero-order chi connectivity index (χ0) is 11.8. The Labute approximate surface area is 105 Å². The molecule has 1 nitrogen and oxygen atoms in total. The van der Waals surface area contributed by atoms with E-state index in [0.29, 0.717) is 0 Å². The van der Waals surface area contributed by atoms with Gasteiger partial charge in [-0.1, -0.05) is 41.9 Å². The van der Waals surface area contributed by atoms with Crippen LogP contribution < -0.4 is 4.74 Å². The molecule has 0 heterocycles. The lowest BCUT2D eigenvalue weighted by Gasteiger charge is -2.09. The highest BCUT2D eigenvalue weighted by molar-refractivity contribution is 6.32. The van der Waals surface area contributed by atoms with Crippen molar-refractivity contribution in [1.29, 1.82) is 0 Å². The van der Waals surface area contributed by atoms with Gasteiger partial charge in [0, 0.05) is 10.4 Å². The highest BCUT2D eigenvalue weighted by Crippen LogP contribution is 2.33. The maximum absolute atomic E-state index is 6.07. The van der Waals surface area contributed by atoms with Gasteiger partial charge >= 0.3 is 0 Å². The number of hydrogen-bond donors (Lipinski definition) is 0. The van der Waals surface area contributed by atoms with Crippen LogP contribution in [0.1, 0.15) is 0 Å². The number of halogens is 1. The minimum Gasteiger partial charge on any atom is -0.496 e. The number of fused-ring (bicyclic) bond motifs is 3. The van der Waals surface area contributed by atoms with E-state index in [1.165, 1.54) is 10.8 Å². The Balaban J connectivity index is 2.56. The normalized spacial score (nSPS) is 10.9. The van der Waals surface area contributed by atoms with Gasteiger partial charge in [-0.25, -0.2) is 0 Å². The SMILES string of the molecule is COc1cccc2ccc3ccc(Cl)cc3c12. The fourth-order valence-electron chi connectivity index (χ4n) is 2.22. The van der Waals surface area contributed by atoms with Crippen molar-refractivity contribution in [3.05, 3.63) is 53.6 Å². The summed E-state index contributed by atoms with van der Waals surface area (Å²) in [6.45, 7) is 0. The maximum atomic E-state index is 6.07. The van der Waals surface area contributed by atoms with Crippen molar-refractivity contribution < 1.29 is 4.74 Å². The molecular weight excluding hydrogens is 232 g/mol. The molecule has 0 saturated carbocycles. The summed E-state index contributed by atoms with van der Waals surface area (Å²) >= 11 is 6.07. The molecule has 0 aliphatic carbocycles. The molecule has 0 aliphatic rings. The summed E-state index contributed by atoms with van der Waals surface area (Å²) in [6, 6.07) is 16.2. The van der Waals surface area contributed by atoms with Crippen LogP contribution >= 0.6 is 11.6 Å². The van der Waals surface area contributed by atoms with E-state index in [4.69, 9.17) is 16.3 Å². The molecule has 0 bridgehead atoms. The molecule has 0 unspecified atom stereocenters. The van der Waals surface area contributed by atoms with Gasteiger partial charge in [0.2, 0.25) is 0 Å². The van der Waals surface area contributed by atoms with Crippen LogP contribution in [0, 0.1) is 0 Å². The Morgan fingerprint density at radius 3 is 2.53 bits per heavy atom. The second-order valence-electron chi connectivity index (χ2n) is 3.99. The minimum absolute atomic E-state index is 0.746. The van der Waals surface area contributed by atoms with Gasteiger partial charge in [0.1, 0.15) is 5.75 Å². The molecule has 0 radical (unpaired) electrons. The lowest BCUT2D eigenvalue weighted by molar-refractivity contribution is 0.420. The Kier molecular flexibility index (Phi) is 2.41. The van der Waals surface area contributed by atoms with E-state index in [1.54, 1.807) is 7.11 Å². The van der Waals surface area contributed by atoms with Gasteiger partial charge in [0.05, 0.1) is 7.11 Å². The third kappa shape index (κ3) is 1.63. The van der Waals surface area contributed by atoms with Crippen molar-refractivity contribution in [2.45, 2.75) is 0 Å². The number of hydrogen-bond acceptors (Lipinski definition) is 1. The molecular formula is C15H11ClO. The highest BCUT2D eigenvalue weighted by Gasteiger charge is 2.06. The summed E-state index contributed by atoms with van der Waals surface area (Å²) in [5, 5.41) is 5.34. The molecule has 0 N–H and O–H groups in total. The monoisotopic (exact) mass is 242 g/mol. The summed E-state index contributed by atoms with van der Waals surface area (Å²) < 4.78 is 5.43. The van der Waals surface area contributed by atoms with Gasteiger partial charge < -0.3 is 4.74 Å². The Morgan fingerprint density at radius 1 is 0.941 bits per heavy atom. The highest BCUT2D eigenvalue weighted by atomic mass is 35.5. The first kappa shape index (κ1) is 10.4. The van der Waals surface area contributed by atoms with Crippen LogP contribution in [-0.4, -0.2) is 7.11 Å². The number of methoxy groups -OCH3 is 1. The zero-order valence-corrected chi connectivity index (χ0v) is 10.2. The summed E-state index contributed by atoms with van der Waals surface area (Å²) in [7, 11) is 1.69. The van der Waals surface area contributed by atoms with E-state index in [1.807, 2.05) is 30.3 Å². The van der Waals surface area contributed by atoms with Gasteiger partial charge in [-0.15, -0.1) is 0 Å². The van der Waals surface area contributed by atoms with Crippen LogP contribution in [0.25, 0.3) is 21.5 Å².